The van der Waals surface area contributed by atoms with Gasteiger partial charge in [0.15, 0.2) is 0 Å². The second-order valence-electron chi connectivity index (χ2n) is 10.0. The number of anilines is 1. The van der Waals surface area contributed by atoms with Gasteiger partial charge in [0.2, 0.25) is 0 Å². The number of hydrogen-bond donors (Lipinski definition) is 0. The summed E-state index contributed by atoms with van der Waals surface area (Å²) < 4.78 is 9.07. The van der Waals surface area contributed by atoms with Gasteiger partial charge in [-0.2, -0.15) is 10.4 Å². The van der Waals surface area contributed by atoms with E-state index in [1.807, 2.05) is 13.8 Å². The molecule has 1 aliphatic rings. The van der Waals surface area contributed by atoms with Crippen LogP contribution in [0.1, 0.15) is 59.1 Å². The molecule has 0 amide bonds. The molecule has 36 heavy (non-hydrogen) atoms. The van der Waals surface area contributed by atoms with Crippen molar-refractivity contribution in [2.75, 3.05) is 18.0 Å². The first-order valence-electron chi connectivity index (χ1n) is 13.0. The summed E-state index contributed by atoms with van der Waals surface area (Å²) in [5.41, 5.74) is 3.63. The van der Waals surface area contributed by atoms with E-state index in [2.05, 4.69) is 60.9 Å². The number of nitrogens with zero attached hydrogens (tertiary/aromatic N) is 6. The lowest BCUT2D eigenvalue weighted by molar-refractivity contribution is 0.101. The van der Waals surface area contributed by atoms with Crippen LogP contribution in [-0.4, -0.2) is 50.5 Å². The highest BCUT2D eigenvalue weighted by atomic mass is 16.5. The lowest BCUT2D eigenvalue weighted by Crippen LogP contribution is -2.58. The Hall–Kier alpha value is -3.31. The molecule has 0 saturated carbocycles. The average Bonchev–Trinajstić information content (AvgIpc) is 3.29. The van der Waals surface area contributed by atoms with E-state index in [1.165, 1.54) is 5.56 Å². The van der Waals surface area contributed by atoms with Crippen molar-refractivity contribution in [1.82, 2.24) is 19.2 Å². The van der Waals surface area contributed by atoms with Crippen LogP contribution in [0.5, 0.6) is 5.75 Å². The van der Waals surface area contributed by atoms with Crippen molar-refractivity contribution in [3.8, 4) is 11.8 Å². The summed E-state index contributed by atoms with van der Waals surface area (Å²) in [5, 5.41) is 13.9. The van der Waals surface area contributed by atoms with Gasteiger partial charge < -0.3 is 14.2 Å². The lowest BCUT2D eigenvalue weighted by atomic mass is 9.96. The molecule has 4 rings (SSSR count). The summed E-state index contributed by atoms with van der Waals surface area (Å²) in [6.45, 7) is 12.7. The number of hydrogen-bond acceptors (Lipinski definition) is 6. The number of benzene rings is 1. The van der Waals surface area contributed by atoms with Crippen LogP contribution in [0.3, 0.4) is 0 Å². The second kappa shape index (κ2) is 10.8. The normalized spacial score (nSPS) is 19.6. The molecule has 2 aromatic heterocycles. The first kappa shape index (κ1) is 25.8. The molecule has 3 atom stereocenters. The molecule has 1 aliphatic heterocycles. The van der Waals surface area contributed by atoms with E-state index < -0.39 is 0 Å². The summed E-state index contributed by atoms with van der Waals surface area (Å²) in [4.78, 5) is 17.9. The third-order valence-corrected chi connectivity index (χ3v) is 7.39. The topological polar surface area (TPSA) is 79.3 Å². The van der Waals surface area contributed by atoms with Gasteiger partial charge in [-0.15, -0.1) is 0 Å². The third kappa shape index (κ3) is 4.98. The third-order valence-electron chi connectivity index (χ3n) is 7.39. The Balaban J connectivity index is 1.65. The number of aryl methyl sites for hydroxylation is 1. The van der Waals surface area contributed by atoms with E-state index in [-0.39, 0.29) is 30.3 Å². The Morgan fingerprint density at radius 1 is 1.11 bits per heavy atom. The van der Waals surface area contributed by atoms with Crippen molar-refractivity contribution in [1.29, 1.82) is 5.26 Å². The van der Waals surface area contributed by atoms with Crippen molar-refractivity contribution in [3.05, 3.63) is 52.4 Å². The van der Waals surface area contributed by atoms with Gasteiger partial charge in [-0.1, -0.05) is 26.0 Å². The largest absolute Gasteiger partial charge is 0.491 e. The molecule has 3 aromatic rings. The molecular formula is C28H38N6O2. The first-order valence-corrected chi connectivity index (χ1v) is 13.0. The van der Waals surface area contributed by atoms with Crippen molar-refractivity contribution < 1.29 is 4.74 Å². The van der Waals surface area contributed by atoms with E-state index in [9.17, 15) is 4.79 Å². The Morgan fingerprint density at radius 2 is 1.81 bits per heavy atom. The maximum absolute atomic E-state index is 12.9. The van der Waals surface area contributed by atoms with Crippen LogP contribution >= 0.6 is 0 Å². The molecule has 0 aliphatic carbocycles. The van der Waals surface area contributed by atoms with Gasteiger partial charge in [-0.3, -0.25) is 14.4 Å². The van der Waals surface area contributed by atoms with E-state index in [1.54, 1.807) is 28.6 Å². The van der Waals surface area contributed by atoms with E-state index in [0.717, 1.165) is 48.4 Å². The fourth-order valence-corrected chi connectivity index (χ4v) is 5.35. The molecule has 1 saturated heterocycles. The van der Waals surface area contributed by atoms with Crippen molar-refractivity contribution >= 4 is 16.7 Å². The smallest absolute Gasteiger partial charge is 0.252 e. The van der Waals surface area contributed by atoms with Crippen LogP contribution in [0.2, 0.25) is 0 Å². The molecular weight excluding hydrogens is 452 g/mol. The molecule has 3 heterocycles. The number of pyridine rings is 1. The van der Waals surface area contributed by atoms with Crippen LogP contribution in [0.25, 0.3) is 11.0 Å². The SMILES string of the molecule is CC[C@H]1CN([C@@H](C)c2ccc(OC(C)C)cc2)[C@H](CC)CN1c1cc(=O)n(C)c2cn(CC#N)nc12. The van der Waals surface area contributed by atoms with Gasteiger partial charge in [0.25, 0.3) is 5.56 Å². The lowest BCUT2D eigenvalue weighted by Gasteiger charge is -2.49. The summed E-state index contributed by atoms with van der Waals surface area (Å²) in [6, 6.07) is 13.2. The van der Waals surface area contributed by atoms with Gasteiger partial charge in [0, 0.05) is 44.3 Å². The Bertz CT molecular complexity index is 1290. The highest BCUT2D eigenvalue weighted by Crippen LogP contribution is 2.34. The molecule has 8 nitrogen and oxygen atoms in total. The predicted octanol–water partition coefficient (Wildman–Crippen LogP) is 4.49. The highest BCUT2D eigenvalue weighted by molar-refractivity contribution is 5.88. The van der Waals surface area contributed by atoms with Crippen molar-refractivity contribution in [2.45, 2.75) is 78.2 Å². The number of nitriles is 1. The van der Waals surface area contributed by atoms with Gasteiger partial charge in [-0.25, -0.2) is 0 Å². The minimum absolute atomic E-state index is 0.0589. The fourth-order valence-electron chi connectivity index (χ4n) is 5.35. The molecule has 0 spiro atoms. The Morgan fingerprint density at radius 3 is 2.42 bits per heavy atom. The van der Waals surface area contributed by atoms with Gasteiger partial charge in [0.1, 0.15) is 17.8 Å². The molecule has 0 bridgehead atoms. The van der Waals surface area contributed by atoms with Crippen molar-refractivity contribution in [2.24, 2.45) is 7.05 Å². The van der Waals surface area contributed by atoms with Crippen LogP contribution in [0.4, 0.5) is 5.69 Å². The maximum Gasteiger partial charge on any atom is 0.252 e. The van der Waals surface area contributed by atoms with Gasteiger partial charge in [-0.05, 0) is 51.3 Å². The minimum Gasteiger partial charge on any atom is -0.491 e. The monoisotopic (exact) mass is 490 g/mol. The van der Waals surface area contributed by atoms with Crippen LogP contribution in [-0.2, 0) is 13.6 Å². The quantitative estimate of drug-likeness (QED) is 0.463. The van der Waals surface area contributed by atoms with Gasteiger partial charge in [0.05, 0.1) is 29.6 Å². The van der Waals surface area contributed by atoms with Gasteiger partial charge >= 0.3 is 0 Å². The molecule has 1 fully saturated rings. The average molecular weight is 491 g/mol. The second-order valence-corrected chi connectivity index (χ2v) is 10.0. The van der Waals surface area contributed by atoms with Crippen LogP contribution in [0.15, 0.2) is 41.3 Å². The Labute approximate surface area is 213 Å². The Kier molecular flexibility index (Phi) is 7.70. The number of ether oxygens (including phenoxy) is 1. The summed E-state index contributed by atoms with van der Waals surface area (Å²) in [7, 11) is 1.76. The summed E-state index contributed by atoms with van der Waals surface area (Å²) in [5.74, 6) is 0.898. The highest BCUT2D eigenvalue weighted by Gasteiger charge is 2.36. The summed E-state index contributed by atoms with van der Waals surface area (Å²) in [6.07, 6.45) is 3.91. The molecule has 192 valence electrons. The number of fused-ring (bicyclic) bond motifs is 1. The van der Waals surface area contributed by atoms with Crippen molar-refractivity contribution in [3.63, 3.8) is 0 Å². The zero-order valence-electron chi connectivity index (χ0n) is 22.3. The molecule has 0 N–H and O–H groups in total. The fraction of sp³-hybridized carbons (Fsp3) is 0.536. The van der Waals surface area contributed by atoms with E-state index >= 15 is 0 Å². The van der Waals surface area contributed by atoms with Crippen LogP contribution in [0, 0.1) is 11.3 Å². The summed E-state index contributed by atoms with van der Waals surface area (Å²) >= 11 is 0. The maximum atomic E-state index is 12.9. The molecule has 1 aromatic carbocycles. The number of piperazine rings is 1. The zero-order valence-corrected chi connectivity index (χ0v) is 22.3. The molecule has 8 heteroatoms. The zero-order chi connectivity index (χ0) is 26.0. The van der Waals surface area contributed by atoms with E-state index in [4.69, 9.17) is 15.1 Å². The number of rotatable bonds is 8. The standard InChI is InChI=1S/C28H38N6O2/c1-7-22-17-34(25-15-27(35)31(6)26-18-32(14-13-29)30-28(25)26)23(8-2)16-33(22)20(5)21-9-11-24(12-10-21)36-19(3)4/h9-12,15,18-20,22-23H,7-8,14,16-17H2,1-6H3/t20-,22+,23-/m0/s1. The first-order chi connectivity index (χ1) is 17.3. The minimum atomic E-state index is -0.0589. The van der Waals surface area contributed by atoms with E-state index in [0.29, 0.717) is 6.04 Å². The predicted molar refractivity (Wildman–Crippen MR) is 143 cm³/mol. The van der Waals surface area contributed by atoms with Crippen LogP contribution < -0.4 is 15.2 Å². The molecule has 0 unspecified atom stereocenters. The number of aromatic nitrogens is 3. The molecule has 0 radical (unpaired) electrons.